The van der Waals surface area contributed by atoms with Crippen LogP contribution in [-0.2, 0) is 11.2 Å². The molecule has 1 aliphatic heterocycles. The number of alkyl halides is 3. The fourth-order valence-electron chi connectivity index (χ4n) is 2.90. The Balaban J connectivity index is 1.86. The molecule has 1 fully saturated rings. The molecule has 1 saturated heterocycles. The number of benzene rings is 1. The first-order valence-electron chi connectivity index (χ1n) is 8.32. The number of halogens is 3. The highest BCUT2D eigenvalue weighted by molar-refractivity contribution is 5.76. The summed E-state index contributed by atoms with van der Waals surface area (Å²) in [4.78, 5) is 13.4. The monoisotopic (exact) mass is 359 g/mol. The zero-order valence-electron chi connectivity index (χ0n) is 14.2. The number of nitrogens with zero attached hydrogens (tertiary/aromatic N) is 1. The van der Waals surface area contributed by atoms with Crippen molar-refractivity contribution in [3.05, 3.63) is 29.8 Å². The smallest absolute Gasteiger partial charge is 0.405 e. The predicted molar refractivity (Wildman–Crippen MR) is 88.6 cm³/mol. The second kappa shape index (κ2) is 9.05. The Morgan fingerprint density at radius 1 is 1.32 bits per heavy atom. The van der Waals surface area contributed by atoms with Gasteiger partial charge in [0, 0.05) is 39.1 Å². The predicted octanol–water partition coefficient (Wildman–Crippen LogP) is 1.58. The number of carbonyl (C=O) groups excluding carboxylic acids is 1. The molecule has 1 amide bonds. The van der Waals surface area contributed by atoms with Gasteiger partial charge in [0.1, 0.15) is 11.8 Å². The summed E-state index contributed by atoms with van der Waals surface area (Å²) in [6.07, 6.45) is -3.83. The number of para-hydroxylation sites is 1. The Morgan fingerprint density at radius 2 is 2.00 bits per heavy atom. The number of ether oxygens (including phenoxy) is 1. The molecule has 1 aromatic carbocycles. The first-order chi connectivity index (χ1) is 11.9. The van der Waals surface area contributed by atoms with E-state index in [0.29, 0.717) is 38.3 Å². The molecule has 2 rings (SSSR count). The Kier molecular flexibility index (Phi) is 7.07. The molecule has 0 aliphatic carbocycles. The summed E-state index contributed by atoms with van der Waals surface area (Å²) >= 11 is 0. The molecule has 1 atom stereocenters. The van der Waals surface area contributed by atoms with Crippen LogP contribution in [0.1, 0.15) is 12.0 Å². The second-order valence-electron chi connectivity index (χ2n) is 5.96. The molecular formula is C17H24F3N3O2. The summed E-state index contributed by atoms with van der Waals surface area (Å²) in [6, 6.07) is 5.64. The molecular weight excluding hydrogens is 335 g/mol. The number of hydrogen-bond acceptors (Lipinski definition) is 4. The van der Waals surface area contributed by atoms with Crippen molar-refractivity contribution in [3.8, 4) is 5.75 Å². The summed E-state index contributed by atoms with van der Waals surface area (Å²) in [7, 11) is 1.54. The summed E-state index contributed by atoms with van der Waals surface area (Å²) in [5.41, 5.74) is 0.856. The van der Waals surface area contributed by atoms with Gasteiger partial charge >= 0.3 is 6.18 Å². The van der Waals surface area contributed by atoms with Crippen molar-refractivity contribution >= 4 is 5.91 Å². The number of nitrogens with one attached hydrogen (secondary N) is 2. The number of aryl methyl sites for hydroxylation is 1. The highest BCUT2D eigenvalue weighted by Crippen LogP contribution is 2.25. The van der Waals surface area contributed by atoms with Gasteiger partial charge in [0.25, 0.3) is 0 Å². The van der Waals surface area contributed by atoms with Gasteiger partial charge in [0.05, 0.1) is 7.11 Å². The van der Waals surface area contributed by atoms with Crippen LogP contribution in [0, 0.1) is 0 Å². The van der Waals surface area contributed by atoms with E-state index in [1.807, 2.05) is 18.2 Å². The van der Waals surface area contributed by atoms with Gasteiger partial charge in [-0.2, -0.15) is 13.2 Å². The largest absolute Gasteiger partial charge is 0.496 e. The lowest BCUT2D eigenvalue weighted by atomic mass is 10.1. The highest BCUT2D eigenvalue weighted by Gasteiger charge is 2.43. The fraction of sp³-hybridized carbons (Fsp3) is 0.588. The standard InChI is InChI=1S/C17H24F3N3O2/c1-25-14-5-3-2-4-13(14)6-7-16(24)22-12-15(17(18,19)20)23-10-8-21-9-11-23/h2-5,15,21H,6-12H2,1H3,(H,22,24). The molecule has 0 aromatic heterocycles. The van der Waals surface area contributed by atoms with E-state index in [1.165, 1.54) is 4.90 Å². The van der Waals surface area contributed by atoms with Crippen LogP contribution in [0.3, 0.4) is 0 Å². The second-order valence-corrected chi connectivity index (χ2v) is 5.96. The molecule has 1 unspecified atom stereocenters. The number of methoxy groups -OCH3 is 1. The van der Waals surface area contributed by atoms with Crippen molar-refractivity contribution in [1.82, 2.24) is 15.5 Å². The molecule has 25 heavy (non-hydrogen) atoms. The topological polar surface area (TPSA) is 53.6 Å². The molecule has 1 heterocycles. The average molecular weight is 359 g/mol. The van der Waals surface area contributed by atoms with Crippen LogP contribution in [0.15, 0.2) is 24.3 Å². The Morgan fingerprint density at radius 3 is 2.64 bits per heavy atom. The molecule has 0 bridgehead atoms. The molecule has 140 valence electrons. The minimum absolute atomic E-state index is 0.118. The van der Waals surface area contributed by atoms with Gasteiger partial charge < -0.3 is 15.4 Å². The Labute approximate surface area is 145 Å². The van der Waals surface area contributed by atoms with E-state index in [4.69, 9.17) is 4.74 Å². The van der Waals surface area contributed by atoms with E-state index in [9.17, 15) is 18.0 Å². The maximum Gasteiger partial charge on any atom is 0.405 e. The summed E-state index contributed by atoms with van der Waals surface area (Å²) in [5.74, 6) is 0.277. The van der Waals surface area contributed by atoms with E-state index >= 15 is 0 Å². The van der Waals surface area contributed by atoms with E-state index in [1.54, 1.807) is 13.2 Å². The lowest BCUT2D eigenvalue weighted by Gasteiger charge is -2.35. The van der Waals surface area contributed by atoms with E-state index in [2.05, 4.69) is 10.6 Å². The lowest BCUT2D eigenvalue weighted by molar-refractivity contribution is -0.184. The molecule has 2 N–H and O–H groups in total. The molecule has 0 spiro atoms. The van der Waals surface area contributed by atoms with Crippen LogP contribution in [0.5, 0.6) is 5.75 Å². The van der Waals surface area contributed by atoms with Gasteiger partial charge in [-0.15, -0.1) is 0 Å². The quantitative estimate of drug-likeness (QED) is 0.776. The van der Waals surface area contributed by atoms with Gasteiger partial charge in [-0.1, -0.05) is 18.2 Å². The van der Waals surface area contributed by atoms with Crippen molar-refractivity contribution in [1.29, 1.82) is 0 Å². The average Bonchev–Trinajstić information content (AvgIpc) is 2.60. The minimum atomic E-state index is -4.37. The van der Waals surface area contributed by atoms with Gasteiger partial charge in [0.2, 0.25) is 5.91 Å². The molecule has 5 nitrogen and oxygen atoms in total. The number of rotatable bonds is 7. The molecule has 1 aromatic rings. The van der Waals surface area contributed by atoms with E-state index < -0.39 is 24.7 Å². The summed E-state index contributed by atoms with van der Waals surface area (Å²) in [6.45, 7) is 1.26. The van der Waals surface area contributed by atoms with Crippen LogP contribution < -0.4 is 15.4 Å². The Hall–Kier alpha value is -1.80. The lowest BCUT2D eigenvalue weighted by Crippen LogP contribution is -2.57. The fourth-order valence-corrected chi connectivity index (χ4v) is 2.90. The van der Waals surface area contributed by atoms with Crippen molar-refractivity contribution in [2.75, 3.05) is 39.8 Å². The highest BCUT2D eigenvalue weighted by atomic mass is 19.4. The third-order valence-corrected chi connectivity index (χ3v) is 4.28. The summed E-state index contributed by atoms with van der Waals surface area (Å²) in [5, 5.41) is 5.46. The van der Waals surface area contributed by atoms with Crippen molar-refractivity contribution in [2.45, 2.75) is 25.1 Å². The van der Waals surface area contributed by atoms with Gasteiger partial charge in [0.15, 0.2) is 0 Å². The van der Waals surface area contributed by atoms with Gasteiger partial charge in [-0.25, -0.2) is 0 Å². The van der Waals surface area contributed by atoms with Crippen molar-refractivity contribution < 1.29 is 22.7 Å². The number of hydrogen-bond donors (Lipinski definition) is 2. The summed E-state index contributed by atoms with van der Waals surface area (Å²) < 4.78 is 45.0. The van der Waals surface area contributed by atoms with E-state index in [0.717, 1.165) is 5.56 Å². The van der Waals surface area contributed by atoms with Crippen LogP contribution in [0.4, 0.5) is 13.2 Å². The first-order valence-corrected chi connectivity index (χ1v) is 8.32. The zero-order chi connectivity index (χ0) is 18.3. The first kappa shape index (κ1) is 19.5. The van der Waals surface area contributed by atoms with Crippen LogP contribution in [0.25, 0.3) is 0 Å². The third kappa shape index (κ3) is 5.89. The van der Waals surface area contributed by atoms with Crippen molar-refractivity contribution in [2.24, 2.45) is 0 Å². The molecule has 1 aliphatic rings. The zero-order valence-corrected chi connectivity index (χ0v) is 14.2. The van der Waals surface area contributed by atoms with Gasteiger partial charge in [-0.3, -0.25) is 9.69 Å². The Bertz CT molecular complexity index is 560. The third-order valence-electron chi connectivity index (χ3n) is 4.28. The van der Waals surface area contributed by atoms with E-state index in [-0.39, 0.29) is 6.42 Å². The molecule has 0 radical (unpaired) electrons. The minimum Gasteiger partial charge on any atom is -0.496 e. The molecule has 0 saturated carbocycles. The SMILES string of the molecule is COc1ccccc1CCC(=O)NCC(N1CCNCC1)C(F)(F)F. The number of amides is 1. The van der Waals surface area contributed by atoms with Crippen LogP contribution in [0.2, 0.25) is 0 Å². The van der Waals surface area contributed by atoms with Crippen molar-refractivity contribution in [3.63, 3.8) is 0 Å². The maximum absolute atomic E-state index is 13.3. The number of piperazine rings is 1. The number of carbonyl (C=O) groups is 1. The van der Waals surface area contributed by atoms with Crippen LogP contribution in [-0.4, -0.2) is 62.9 Å². The normalized spacial score (nSPS) is 17.1. The van der Waals surface area contributed by atoms with Gasteiger partial charge in [-0.05, 0) is 18.1 Å². The van der Waals surface area contributed by atoms with Crippen LogP contribution >= 0.6 is 0 Å². The molecule has 8 heteroatoms. The maximum atomic E-state index is 13.3.